The van der Waals surface area contributed by atoms with Crippen LogP contribution in [0.5, 0.6) is 0 Å². The Morgan fingerprint density at radius 1 is 1.33 bits per heavy atom. The summed E-state index contributed by atoms with van der Waals surface area (Å²) in [7, 11) is 1.28. The smallest absolute Gasteiger partial charge is 0.328 e. The van der Waals surface area contributed by atoms with Gasteiger partial charge in [0.25, 0.3) is 0 Å². The van der Waals surface area contributed by atoms with Gasteiger partial charge in [-0.2, -0.15) is 11.8 Å². The largest absolute Gasteiger partial charge is 0.467 e. The number of benzene rings is 1. The second-order valence-electron chi connectivity index (χ2n) is 4.08. The Labute approximate surface area is 137 Å². The van der Waals surface area contributed by atoms with Crippen LogP contribution in [0.15, 0.2) is 18.2 Å². The third-order valence-electron chi connectivity index (χ3n) is 2.58. The van der Waals surface area contributed by atoms with E-state index < -0.39 is 18.0 Å². The van der Waals surface area contributed by atoms with E-state index >= 15 is 0 Å². The molecule has 1 aromatic carbocycles. The number of carbonyl (C=O) groups is 2. The fraction of sp³-hybridized carbons (Fsp3) is 0.385. The molecular formula is C13H16Cl2N2O3S. The lowest BCUT2D eigenvalue weighted by atomic mass is 10.2. The van der Waals surface area contributed by atoms with E-state index in [1.807, 2.05) is 6.26 Å². The Morgan fingerprint density at radius 2 is 2.05 bits per heavy atom. The quantitative estimate of drug-likeness (QED) is 0.771. The number of hydrogen-bond donors (Lipinski definition) is 2. The molecule has 8 heteroatoms. The first-order valence-electron chi connectivity index (χ1n) is 6.07. The highest BCUT2D eigenvalue weighted by Crippen LogP contribution is 2.24. The number of nitrogens with one attached hydrogen (secondary N) is 2. The lowest BCUT2D eigenvalue weighted by molar-refractivity contribution is -0.142. The van der Waals surface area contributed by atoms with Crippen LogP contribution in [0.2, 0.25) is 10.0 Å². The van der Waals surface area contributed by atoms with Gasteiger partial charge in [-0.25, -0.2) is 9.59 Å². The first-order valence-corrected chi connectivity index (χ1v) is 8.22. The maximum absolute atomic E-state index is 11.9. The van der Waals surface area contributed by atoms with Gasteiger partial charge >= 0.3 is 12.0 Å². The average molecular weight is 351 g/mol. The van der Waals surface area contributed by atoms with E-state index in [9.17, 15) is 9.59 Å². The molecule has 1 aromatic rings. The number of thioether (sulfide) groups is 1. The molecule has 0 saturated heterocycles. The number of hydrogen-bond acceptors (Lipinski definition) is 4. The number of carbonyl (C=O) groups excluding carboxylic acids is 2. The molecule has 0 aliphatic rings. The first kappa shape index (κ1) is 17.9. The molecule has 2 N–H and O–H groups in total. The molecule has 0 saturated carbocycles. The van der Waals surface area contributed by atoms with Crippen LogP contribution in [0.4, 0.5) is 10.5 Å². The molecule has 116 valence electrons. The predicted molar refractivity (Wildman–Crippen MR) is 87.4 cm³/mol. The van der Waals surface area contributed by atoms with Crippen molar-refractivity contribution in [1.29, 1.82) is 0 Å². The number of ether oxygens (including phenoxy) is 1. The summed E-state index contributed by atoms with van der Waals surface area (Å²) in [5, 5.41) is 5.89. The molecule has 0 heterocycles. The second-order valence-corrected chi connectivity index (χ2v) is 5.88. The highest BCUT2D eigenvalue weighted by atomic mass is 35.5. The van der Waals surface area contributed by atoms with Crippen LogP contribution in [-0.2, 0) is 9.53 Å². The van der Waals surface area contributed by atoms with Gasteiger partial charge in [-0.1, -0.05) is 23.2 Å². The Balaban J connectivity index is 2.64. The molecule has 1 rings (SSSR count). The van der Waals surface area contributed by atoms with Crippen molar-refractivity contribution in [3.8, 4) is 0 Å². The van der Waals surface area contributed by atoms with Gasteiger partial charge in [0.15, 0.2) is 0 Å². The number of rotatable bonds is 6. The topological polar surface area (TPSA) is 67.4 Å². The van der Waals surface area contributed by atoms with Crippen molar-refractivity contribution >= 4 is 52.7 Å². The highest BCUT2D eigenvalue weighted by molar-refractivity contribution is 7.98. The van der Waals surface area contributed by atoms with Gasteiger partial charge in [-0.3, -0.25) is 0 Å². The summed E-state index contributed by atoms with van der Waals surface area (Å²) in [6.07, 6.45) is 2.41. The van der Waals surface area contributed by atoms with Crippen molar-refractivity contribution < 1.29 is 14.3 Å². The Morgan fingerprint density at radius 3 is 2.62 bits per heavy atom. The van der Waals surface area contributed by atoms with E-state index in [4.69, 9.17) is 23.2 Å². The summed E-state index contributed by atoms with van der Waals surface area (Å²) in [4.78, 5) is 23.5. The van der Waals surface area contributed by atoms with Crippen LogP contribution >= 0.6 is 35.0 Å². The number of amides is 2. The van der Waals surface area contributed by atoms with E-state index in [2.05, 4.69) is 15.4 Å². The lowest BCUT2D eigenvalue weighted by Crippen LogP contribution is -2.44. The third kappa shape index (κ3) is 6.03. The maximum atomic E-state index is 11.9. The van der Waals surface area contributed by atoms with Gasteiger partial charge < -0.3 is 15.4 Å². The van der Waals surface area contributed by atoms with Crippen molar-refractivity contribution in [2.24, 2.45) is 0 Å². The zero-order valence-corrected chi connectivity index (χ0v) is 13.9. The fourth-order valence-electron chi connectivity index (χ4n) is 1.53. The van der Waals surface area contributed by atoms with Crippen LogP contribution in [0.25, 0.3) is 0 Å². The number of urea groups is 1. The number of halogens is 2. The second kappa shape index (κ2) is 9.02. The fourth-order valence-corrected chi connectivity index (χ4v) is 2.30. The van der Waals surface area contributed by atoms with Gasteiger partial charge in [-0.15, -0.1) is 0 Å². The molecule has 0 aliphatic heterocycles. The molecule has 0 fully saturated rings. The van der Waals surface area contributed by atoms with E-state index in [0.29, 0.717) is 22.2 Å². The van der Waals surface area contributed by atoms with E-state index in [-0.39, 0.29) is 0 Å². The molecule has 0 aliphatic carbocycles. The van der Waals surface area contributed by atoms with Crippen molar-refractivity contribution in [1.82, 2.24) is 5.32 Å². The van der Waals surface area contributed by atoms with Gasteiger partial charge in [0.2, 0.25) is 0 Å². The van der Waals surface area contributed by atoms with Crippen LogP contribution in [0, 0.1) is 0 Å². The summed E-state index contributed by atoms with van der Waals surface area (Å²) in [5.41, 5.74) is 0.482. The molecule has 21 heavy (non-hydrogen) atoms. The normalized spacial score (nSPS) is 11.6. The molecule has 1 atom stereocenters. The average Bonchev–Trinajstić information content (AvgIpc) is 2.46. The Bertz CT molecular complexity index is 514. The van der Waals surface area contributed by atoms with Crippen molar-refractivity contribution in [2.75, 3.05) is 24.4 Å². The monoisotopic (exact) mass is 350 g/mol. The van der Waals surface area contributed by atoms with Gasteiger partial charge in [0, 0.05) is 5.69 Å². The van der Waals surface area contributed by atoms with E-state index in [1.54, 1.807) is 23.9 Å². The first-order chi connectivity index (χ1) is 9.97. The Hall–Kier alpha value is -1.11. The lowest BCUT2D eigenvalue weighted by Gasteiger charge is -2.16. The summed E-state index contributed by atoms with van der Waals surface area (Å²) in [6, 6.07) is 3.52. The van der Waals surface area contributed by atoms with E-state index in [1.165, 1.54) is 13.2 Å². The standard InChI is InChI=1S/C13H16Cl2N2O3S/c1-20-12(18)11(5-6-21-2)17-13(19)16-8-3-4-9(14)10(15)7-8/h3-4,7,11H,5-6H2,1-2H3,(H2,16,17,19)/t11-/m0/s1. The number of methoxy groups -OCH3 is 1. The molecule has 0 aromatic heterocycles. The van der Waals surface area contributed by atoms with Gasteiger partial charge in [0.1, 0.15) is 6.04 Å². The number of anilines is 1. The minimum atomic E-state index is -0.690. The molecule has 0 bridgehead atoms. The summed E-state index contributed by atoms with van der Waals surface area (Å²) >= 11 is 13.2. The molecule has 0 radical (unpaired) electrons. The van der Waals surface area contributed by atoms with Crippen molar-refractivity contribution in [3.05, 3.63) is 28.2 Å². The molecular weight excluding hydrogens is 335 g/mol. The zero-order valence-electron chi connectivity index (χ0n) is 11.6. The van der Waals surface area contributed by atoms with Gasteiger partial charge in [-0.05, 0) is 36.6 Å². The Kier molecular flexibility index (Phi) is 7.71. The molecule has 0 unspecified atom stereocenters. The minimum Gasteiger partial charge on any atom is -0.467 e. The summed E-state index contributed by atoms with van der Waals surface area (Å²) in [5.74, 6) is 0.251. The van der Waals surface area contributed by atoms with Crippen molar-refractivity contribution in [2.45, 2.75) is 12.5 Å². The zero-order chi connectivity index (χ0) is 15.8. The third-order valence-corrected chi connectivity index (χ3v) is 3.96. The molecule has 2 amide bonds. The summed E-state index contributed by atoms with van der Waals surface area (Å²) in [6.45, 7) is 0. The molecule has 0 spiro atoms. The summed E-state index contributed by atoms with van der Waals surface area (Å²) < 4.78 is 4.67. The molecule has 5 nitrogen and oxygen atoms in total. The van der Waals surface area contributed by atoms with Crippen LogP contribution in [0.1, 0.15) is 6.42 Å². The maximum Gasteiger partial charge on any atom is 0.328 e. The van der Waals surface area contributed by atoms with Crippen molar-refractivity contribution in [3.63, 3.8) is 0 Å². The minimum absolute atomic E-state index is 0.335. The van der Waals surface area contributed by atoms with Gasteiger partial charge in [0.05, 0.1) is 17.2 Å². The van der Waals surface area contributed by atoms with E-state index in [0.717, 1.165) is 5.75 Å². The highest BCUT2D eigenvalue weighted by Gasteiger charge is 2.21. The van der Waals surface area contributed by atoms with Crippen LogP contribution < -0.4 is 10.6 Å². The number of esters is 1. The van der Waals surface area contributed by atoms with Crippen LogP contribution in [0.3, 0.4) is 0 Å². The van der Waals surface area contributed by atoms with Crippen LogP contribution in [-0.4, -0.2) is 37.2 Å². The predicted octanol–water partition coefficient (Wildman–Crippen LogP) is 3.41. The SMILES string of the molecule is COC(=O)[C@H](CCSC)NC(=O)Nc1ccc(Cl)c(Cl)c1.